The number of carbonyl (C=O) groups is 2. The van der Waals surface area contributed by atoms with Crippen molar-refractivity contribution in [1.82, 2.24) is 9.47 Å². The molecule has 1 aromatic heterocycles. The number of carbonyl (C=O) groups excluding carboxylic acids is 1. The van der Waals surface area contributed by atoms with Crippen molar-refractivity contribution in [3.8, 4) is 0 Å². The van der Waals surface area contributed by atoms with Gasteiger partial charge in [-0.25, -0.2) is 4.79 Å². The molecule has 0 unspecified atom stereocenters. The van der Waals surface area contributed by atoms with Crippen LogP contribution in [0.2, 0.25) is 0 Å². The van der Waals surface area contributed by atoms with Gasteiger partial charge >= 0.3 is 5.97 Å². The van der Waals surface area contributed by atoms with Gasteiger partial charge in [0.15, 0.2) is 0 Å². The van der Waals surface area contributed by atoms with E-state index < -0.39 is 5.97 Å². The largest absolute Gasteiger partial charge is 0.478 e. The van der Waals surface area contributed by atoms with Gasteiger partial charge in [-0.1, -0.05) is 24.3 Å². The van der Waals surface area contributed by atoms with Crippen LogP contribution in [0.4, 0.5) is 0 Å². The number of carboxylic acid groups (broad SMARTS) is 1. The minimum absolute atomic E-state index is 0.0207. The van der Waals surface area contributed by atoms with Gasteiger partial charge in [-0.2, -0.15) is 0 Å². The highest BCUT2D eigenvalue weighted by Crippen LogP contribution is 2.35. The summed E-state index contributed by atoms with van der Waals surface area (Å²) in [6.07, 6.45) is 1.07. The summed E-state index contributed by atoms with van der Waals surface area (Å²) in [6.45, 7) is 1.83. The molecule has 0 aliphatic carbocycles. The number of fused-ring (bicyclic) bond motifs is 4. The Morgan fingerprint density at radius 2 is 1.85 bits per heavy atom. The summed E-state index contributed by atoms with van der Waals surface area (Å²) in [5.41, 5.74) is 1.73. The summed E-state index contributed by atoms with van der Waals surface area (Å²) < 4.78 is 1.83. The standard InChI is InChI=1S/C20H20N2O4/c23-18-7-3-6-17-15-8-13(11-22(17)18)10-21(12-15)19(24)9-14-4-1-2-5-16(14)20(25)26/h1-7,13,15H,8-12H2,(H,25,26)/t13-,15+/m1/s1. The Morgan fingerprint density at radius 3 is 2.65 bits per heavy atom. The SMILES string of the molecule is O=C(O)c1ccccc1CC(=O)N1C[C@H]2C[C@@H](C1)c1cccc(=O)n1C2. The van der Waals surface area contributed by atoms with Crippen LogP contribution in [0.1, 0.15) is 34.0 Å². The lowest BCUT2D eigenvalue weighted by Gasteiger charge is -2.42. The molecule has 26 heavy (non-hydrogen) atoms. The number of pyridine rings is 1. The van der Waals surface area contributed by atoms with E-state index >= 15 is 0 Å². The van der Waals surface area contributed by atoms with Crippen LogP contribution in [-0.4, -0.2) is 39.5 Å². The second kappa shape index (κ2) is 6.44. The van der Waals surface area contributed by atoms with Crippen LogP contribution in [0.15, 0.2) is 47.3 Å². The number of aromatic carboxylic acids is 1. The topological polar surface area (TPSA) is 79.6 Å². The molecule has 2 aromatic rings. The second-order valence-corrected chi connectivity index (χ2v) is 7.14. The van der Waals surface area contributed by atoms with Gasteiger partial charge in [0.2, 0.25) is 5.91 Å². The molecule has 2 atom stereocenters. The Balaban J connectivity index is 1.55. The van der Waals surface area contributed by atoms with Crippen LogP contribution in [0, 0.1) is 5.92 Å². The zero-order chi connectivity index (χ0) is 18.3. The first kappa shape index (κ1) is 16.6. The number of aromatic nitrogens is 1. The molecule has 2 aliphatic rings. The highest BCUT2D eigenvalue weighted by Gasteiger charge is 2.36. The number of amides is 1. The maximum atomic E-state index is 12.8. The van der Waals surface area contributed by atoms with Crippen molar-refractivity contribution in [2.45, 2.75) is 25.3 Å². The van der Waals surface area contributed by atoms with Crippen LogP contribution in [-0.2, 0) is 17.8 Å². The lowest BCUT2D eigenvalue weighted by atomic mass is 9.83. The van der Waals surface area contributed by atoms with Gasteiger partial charge in [0, 0.05) is 37.3 Å². The van der Waals surface area contributed by atoms with E-state index in [0.29, 0.717) is 25.2 Å². The van der Waals surface area contributed by atoms with E-state index in [1.165, 1.54) is 6.07 Å². The van der Waals surface area contributed by atoms with Crippen molar-refractivity contribution >= 4 is 11.9 Å². The molecule has 4 rings (SSSR count). The fourth-order valence-corrected chi connectivity index (χ4v) is 4.26. The number of likely N-dealkylation sites (tertiary alicyclic amines) is 1. The molecule has 2 aliphatic heterocycles. The second-order valence-electron chi connectivity index (χ2n) is 7.14. The molecule has 1 aromatic carbocycles. The van der Waals surface area contributed by atoms with Crippen LogP contribution >= 0.6 is 0 Å². The first-order valence-corrected chi connectivity index (χ1v) is 8.81. The number of hydrogen-bond donors (Lipinski definition) is 1. The molecular weight excluding hydrogens is 332 g/mol. The number of benzene rings is 1. The van der Waals surface area contributed by atoms with Gasteiger partial charge in [-0.15, -0.1) is 0 Å². The van der Waals surface area contributed by atoms with E-state index in [2.05, 4.69) is 0 Å². The molecule has 0 spiro atoms. The van der Waals surface area contributed by atoms with Gasteiger partial charge in [-0.3, -0.25) is 9.59 Å². The average Bonchev–Trinajstić information content (AvgIpc) is 2.63. The fourth-order valence-electron chi connectivity index (χ4n) is 4.26. The minimum Gasteiger partial charge on any atom is -0.478 e. The number of piperidine rings is 1. The monoisotopic (exact) mass is 352 g/mol. The molecule has 6 nitrogen and oxygen atoms in total. The third kappa shape index (κ3) is 2.92. The van der Waals surface area contributed by atoms with Crippen LogP contribution < -0.4 is 5.56 Å². The molecule has 0 radical (unpaired) electrons. The number of nitrogens with zero attached hydrogens (tertiary/aromatic N) is 2. The van der Waals surface area contributed by atoms with Crippen molar-refractivity contribution in [2.75, 3.05) is 13.1 Å². The van der Waals surface area contributed by atoms with Gasteiger partial charge in [0.1, 0.15) is 0 Å². The zero-order valence-corrected chi connectivity index (χ0v) is 14.3. The van der Waals surface area contributed by atoms with Crippen molar-refractivity contribution in [3.05, 3.63) is 69.6 Å². The smallest absolute Gasteiger partial charge is 0.335 e. The summed E-state index contributed by atoms with van der Waals surface area (Å²) in [5.74, 6) is -0.646. The first-order chi connectivity index (χ1) is 12.5. The third-order valence-corrected chi connectivity index (χ3v) is 5.42. The summed E-state index contributed by atoms with van der Waals surface area (Å²) in [6, 6.07) is 12.0. The fraction of sp³-hybridized carbons (Fsp3) is 0.350. The predicted octanol–water partition coefficient (Wildman–Crippen LogP) is 1.73. The Hall–Kier alpha value is -2.89. The summed E-state index contributed by atoms with van der Waals surface area (Å²) in [4.78, 5) is 38.1. The number of rotatable bonds is 3. The number of hydrogen-bond acceptors (Lipinski definition) is 3. The molecule has 0 saturated carbocycles. The van der Waals surface area contributed by atoms with E-state index in [1.807, 2.05) is 15.5 Å². The summed E-state index contributed by atoms with van der Waals surface area (Å²) >= 11 is 0. The molecule has 2 bridgehead atoms. The zero-order valence-electron chi connectivity index (χ0n) is 14.3. The van der Waals surface area contributed by atoms with E-state index in [0.717, 1.165) is 12.1 Å². The molecule has 1 fully saturated rings. The van der Waals surface area contributed by atoms with Crippen molar-refractivity contribution < 1.29 is 14.7 Å². The summed E-state index contributed by atoms with van der Waals surface area (Å²) in [7, 11) is 0. The van der Waals surface area contributed by atoms with Crippen molar-refractivity contribution in [3.63, 3.8) is 0 Å². The maximum absolute atomic E-state index is 12.8. The minimum atomic E-state index is -1.02. The van der Waals surface area contributed by atoms with Gasteiger partial charge < -0.3 is 14.6 Å². The van der Waals surface area contributed by atoms with Crippen LogP contribution in [0.25, 0.3) is 0 Å². The quantitative estimate of drug-likeness (QED) is 0.912. The Kier molecular flexibility index (Phi) is 4.11. The average molecular weight is 352 g/mol. The van der Waals surface area contributed by atoms with Crippen molar-refractivity contribution in [2.24, 2.45) is 5.92 Å². The first-order valence-electron chi connectivity index (χ1n) is 8.81. The van der Waals surface area contributed by atoms with Crippen LogP contribution in [0.3, 0.4) is 0 Å². The molecule has 1 saturated heterocycles. The van der Waals surface area contributed by atoms with E-state index in [4.69, 9.17) is 0 Å². The molecule has 134 valence electrons. The van der Waals surface area contributed by atoms with E-state index in [9.17, 15) is 19.5 Å². The normalized spacial score (nSPS) is 21.2. The third-order valence-electron chi connectivity index (χ3n) is 5.42. The van der Waals surface area contributed by atoms with Crippen molar-refractivity contribution in [1.29, 1.82) is 0 Å². The Labute approximate surface area is 150 Å². The Bertz CT molecular complexity index is 933. The van der Waals surface area contributed by atoms with Crippen LogP contribution in [0.5, 0.6) is 0 Å². The van der Waals surface area contributed by atoms with E-state index in [-0.39, 0.29) is 35.3 Å². The highest BCUT2D eigenvalue weighted by molar-refractivity contribution is 5.91. The Morgan fingerprint density at radius 1 is 1.04 bits per heavy atom. The molecule has 1 N–H and O–H groups in total. The predicted molar refractivity (Wildman–Crippen MR) is 95.2 cm³/mol. The molecular formula is C20H20N2O4. The molecule has 3 heterocycles. The van der Waals surface area contributed by atoms with Gasteiger partial charge in [-0.05, 0) is 30.0 Å². The summed E-state index contributed by atoms with van der Waals surface area (Å²) in [5, 5.41) is 9.30. The lowest BCUT2D eigenvalue weighted by molar-refractivity contribution is -0.133. The molecule has 1 amide bonds. The lowest BCUT2D eigenvalue weighted by Crippen LogP contribution is -2.49. The maximum Gasteiger partial charge on any atom is 0.335 e. The van der Waals surface area contributed by atoms with E-state index in [1.54, 1.807) is 30.3 Å². The number of carboxylic acids is 1. The van der Waals surface area contributed by atoms with Gasteiger partial charge in [0.05, 0.1) is 12.0 Å². The van der Waals surface area contributed by atoms with Gasteiger partial charge in [0.25, 0.3) is 5.56 Å². The highest BCUT2D eigenvalue weighted by atomic mass is 16.4. The molecule has 6 heteroatoms.